The van der Waals surface area contributed by atoms with E-state index in [1.54, 1.807) is 7.11 Å². The van der Waals surface area contributed by atoms with Crippen molar-refractivity contribution in [1.29, 1.82) is 0 Å². The van der Waals surface area contributed by atoms with E-state index in [-0.39, 0.29) is 0 Å². The van der Waals surface area contributed by atoms with E-state index in [1.807, 2.05) is 0 Å². The number of hydrogen-bond donors (Lipinski definition) is 1. The van der Waals surface area contributed by atoms with Crippen molar-refractivity contribution in [3.63, 3.8) is 0 Å². The van der Waals surface area contributed by atoms with Crippen molar-refractivity contribution < 1.29 is 4.74 Å². The van der Waals surface area contributed by atoms with Crippen molar-refractivity contribution in [2.24, 2.45) is 10.9 Å². The van der Waals surface area contributed by atoms with Gasteiger partial charge >= 0.3 is 0 Å². The number of likely N-dealkylation sites (tertiary alicyclic amines) is 2. The normalized spacial score (nSPS) is 24.7. The molecule has 144 valence electrons. The highest BCUT2D eigenvalue weighted by atomic mass is 16.5. The molecule has 1 aromatic carbocycles. The largest absolute Gasteiger partial charge is 0.497 e. The van der Waals surface area contributed by atoms with Crippen LogP contribution in [0.4, 0.5) is 0 Å². The van der Waals surface area contributed by atoms with E-state index >= 15 is 0 Å². The van der Waals surface area contributed by atoms with Crippen molar-refractivity contribution in [3.05, 3.63) is 29.8 Å². The van der Waals surface area contributed by atoms with Crippen LogP contribution < -0.4 is 10.1 Å². The van der Waals surface area contributed by atoms with Crippen molar-refractivity contribution in [2.45, 2.75) is 32.1 Å². The van der Waals surface area contributed by atoms with Gasteiger partial charge in [-0.05, 0) is 63.4 Å². The van der Waals surface area contributed by atoms with Gasteiger partial charge in [-0.25, -0.2) is 0 Å². The molecule has 0 saturated carbocycles. The fourth-order valence-electron chi connectivity index (χ4n) is 4.16. The van der Waals surface area contributed by atoms with Gasteiger partial charge in [0.05, 0.1) is 7.11 Å². The number of aliphatic imine (C=N–C) groups is 1. The minimum Gasteiger partial charge on any atom is -0.497 e. The van der Waals surface area contributed by atoms with Gasteiger partial charge in [-0.3, -0.25) is 4.99 Å². The number of benzene rings is 1. The standard InChI is InChI=1S/C21H34N4O/c1-4-22-21(23-14-17-6-5-12-24(2)15-17)25-13-11-19(16-25)18-7-9-20(26-3)10-8-18/h7-10,17,19H,4-6,11-16H2,1-3H3,(H,22,23). The van der Waals surface area contributed by atoms with Crippen LogP contribution in [0.1, 0.15) is 37.7 Å². The molecule has 0 radical (unpaired) electrons. The number of methoxy groups -OCH3 is 1. The van der Waals surface area contributed by atoms with Gasteiger partial charge in [0.15, 0.2) is 5.96 Å². The minimum atomic E-state index is 0.575. The summed E-state index contributed by atoms with van der Waals surface area (Å²) >= 11 is 0. The first-order valence-electron chi connectivity index (χ1n) is 10.0. The van der Waals surface area contributed by atoms with Gasteiger partial charge in [-0.15, -0.1) is 0 Å². The molecule has 1 N–H and O–H groups in total. The highest BCUT2D eigenvalue weighted by molar-refractivity contribution is 5.80. The summed E-state index contributed by atoms with van der Waals surface area (Å²) < 4.78 is 5.28. The molecule has 0 bridgehead atoms. The molecule has 2 aliphatic rings. The average Bonchev–Trinajstić information content (AvgIpc) is 3.15. The van der Waals surface area contributed by atoms with E-state index < -0.39 is 0 Å². The zero-order valence-corrected chi connectivity index (χ0v) is 16.6. The van der Waals surface area contributed by atoms with E-state index in [0.29, 0.717) is 11.8 Å². The molecule has 0 aromatic heterocycles. The predicted octanol–water partition coefficient (Wildman–Crippen LogP) is 2.79. The van der Waals surface area contributed by atoms with Crippen LogP contribution in [-0.2, 0) is 0 Å². The molecule has 5 heteroatoms. The second-order valence-corrected chi connectivity index (χ2v) is 7.67. The third-order valence-corrected chi connectivity index (χ3v) is 5.63. The Balaban J connectivity index is 1.60. The van der Waals surface area contributed by atoms with E-state index in [9.17, 15) is 0 Å². The molecule has 0 spiro atoms. The lowest BCUT2D eigenvalue weighted by atomic mass is 9.98. The fourth-order valence-corrected chi connectivity index (χ4v) is 4.16. The number of guanidine groups is 1. The summed E-state index contributed by atoms with van der Waals surface area (Å²) in [4.78, 5) is 9.87. The topological polar surface area (TPSA) is 40.1 Å². The average molecular weight is 359 g/mol. The number of nitrogens with zero attached hydrogens (tertiary/aromatic N) is 3. The fraction of sp³-hybridized carbons (Fsp3) is 0.667. The molecule has 5 nitrogen and oxygen atoms in total. The summed E-state index contributed by atoms with van der Waals surface area (Å²) in [6.45, 7) is 8.55. The van der Waals surface area contributed by atoms with E-state index in [0.717, 1.165) is 37.9 Å². The Kier molecular flexibility index (Phi) is 6.78. The van der Waals surface area contributed by atoms with E-state index in [1.165, 1.54) is 37.9 Å². The second-order valence-electron chi connectivity index (χ2n) is 7.67. The van der Waals surface area contributed by atoms with Gasteiger partial charge in [-0.1, -0.05) is 12.1 Å². The van der Waals surface area contributed by atoms with Gasteiger partial charge in [-0.2, -0.15) is 0 Å². The molecular weight excluding hydrogens is 324 g/mol. The third-order valence-electron chi connectivity index (χ3n) is 5.63. The van der Waals surface area contributed by atoms with Crippen LogP contribution >= 0.6 is 0 Å². The second kappa shape index (κ2) is 9.26. The first-order chi connectivity index (χ1) is 12.7. The van der Waals surface area contributed by atoms with Crippen molar-refractivity contribution in [2.75, 3.05) is 53.4 Å². The molecule has 0 amide bonds. The highest BCUT2D eigenvalue weighted by Crippen LogP contribution is 2.28. The quantitative estimate of drug-likeness (QED) is 0.649. The minimum absolute atomic E-state index is 0.575. The molecule has 2 atom stereocenters. The SMILES string of the molecule is CCNC(=NCC1CCCN(C)C1)N1CCC(c2ccc(OC)cc2)C1. The number of piperidine rings is 1. The molecule has 2 aliphatic heterocycles. The maximum absolute atomic E-state index is 5.28. The Hall–Kier alpha value is -1.75. The summed E-state index contributed by atoms with van der Waals surface area (Å²) in [5.74, 6) is 3.29. The van der Waals surface area contributed by atoms with E-state index in [2.05, 4.69) is 53.4 Å². The van der Waals surface area contributed by atoms with Crippen LogP contribution in [0.5, 0.6) is 5.75 Å². The van der Waals surface area contributed by atoms with Gasteiger partial charge < -0.3 is 19.9 Å². The summed E-state index contributed by atoms with van der Waals surface area (Å²) in [7, 11) is 3.94. The van der Waals surface area contributed by atoms with Crippen LogP contribution in [0.3, 0.4) is 0 Å². The van der Waals surface area contributed by atoms with Gasteiger partial charge in [0.2, 0.25) is 0 Å². The molecule has 26 heavy (non-hydrogen) atoms. The number of hydrogen-bond acceptors (Lipinski definition) is 3. The van der Waals surface area contributed by atoms with Gasteiger partial charge in [0.1, 0.15) is 5.75 Å². The maximum atomic E-state index is 5.28. The van der Waals surface area contributed by atoms with Crippen LogP contribution in [0.2, 0.25) is 0 Å². The first kappa shape index (κ1) is 19.0. The monoisotopic (exact) mass is 358 g/mol. The number of rotatable bonds is 5. The lowest BCUT2D eigenvalue weighted by Gasteiger charge is -2.29. The summed E-state index contributed by atoms with van der Waals surface area (Å²) in [6, 6.07) is 8.54. The summed E-state index contributed by atoms with van der Waals surface area (Å²) in [5, 5.41) is 3.51. The molecule has 2 unspecified atom stereocenters. The molecular formula is C21H34N4O. The summed E-state index contributed by atoms with van der Waals surface area (Å²) in [6.07, 6.45) is 3.79. The maximum Gasteiger partial charge on any atom is 0.193 e. The van der Waals surface area contributed by atoms with Crippen LogP contribution in [-0.4, -0.2) is 69.2 Å². The Morgan fingerprint density at radius 1 is 1.19 bits per heavy atom. The zero-order chi connectivity index (χ0) is 18.4. The number of ether oxygens (including phenoxy) is 1. The molecule has 2 saturated heterocycles. The molecule has 2 heterocycles. The lowest BCUT2D eigenvalue weighted by molar-refractivity contribution is 0.214. The Morgan fingerprint density at radius 2 is 2.00 bits per heavy atom. The van der Waals surface area contributed by atoms with Crippen LogP contribution in [0, 0.1) is 5.92 Å². The van der Waals surface area contributed by atoms with E-state index in [4.69, 9.17) is 9.73 Å². The predicted molar refractivity (Wildman–Crippen MR) is 108 cm³/mol. The summed E-state index contributed by atoms with van der Waals surface area (Å²) in [5.41, 5.74) is 1.40. The van der Waals surface area contributed by atoms with Crippen molar-refractivity contribution in [3.8, 4) is 5.75 Å². The van der Waals surface area contributed by atoms with Gasteiger partial charge in [0, 0.05) is 38.6 Å². The highest BCUT2D eigenvalue weighted by Gasteiger charge is 2.26. The first-order valence-corrected chi connectivity index (χ1v) is 10.0. The van der Waals surface area contributed by atoms with Crippen molar-refractivity contribution in [1.82, 2.24) is 15.1 Å². The molecule has 0 aliphatic carbocycles. The number of nitrogens with one attached hydrogen (secondary N) is 1. The molecule has 2 fully saturated rings. The van der Waals surface area contributed by atoms with Gasteiger partial charge in [0.25, 0.3) is 0 Å². The molecule has 1 aromatic rings. The Labute approximate surface area is 158 Å². The van der Waals surface area contributed by atoms with Crippen LogP contribution in [0.25, 0.3) is 0 Å². The Bertz CT molecular complexity index is 586. The third kappa shape index (κ3) is 4.91. The Morgan fingerprint density at radius 3 is 2.69 bits per heavy atom. The smallest absolute Gasteiger partial charge is 0.193 e. The van der Waals surface area contributed by atoms with Crippen molar-refractivity contribution >= 4 is 5.96 Å². The lowest BCUT2D eigenvalue weighted by Crippen LogP contribution is -2.41. The van der Waals surface area contributed by atoms with Crippen LogP contribution in [0.15, 0.2) is 29.3 Å². The zero-order valence-electron chi connectivity index (χ0n) is 16.6. The molecule has 3 rings (SSSR count).